The molecule has 126 valence electrons. The Kier molecular flexibility index (Phi) is 5.27. The van der Waals surface area contributed by atoms with E-state index >= 15 is 0 Å². The summed E-state index contributed by atoms with van der Waals surface area (Å²) in [6, 6.07) is 9.33. The van der Waals surface area contributed by atoms with Gasteiger partial charge in [-0.15, -0.1) is 11.3 Å². The fraction of sp³-hybridized carbons (Fsp3) is 0.333. The van der Waals surface area contributed by atoms with Gasteiger partial charge in [-0.3, -0.25) is 9.59 Å². The maximum absolute atomic E-state index is 12.6. The van der Waals surface area contributed by atoms with Crippen LogP contribution in [0.4, 0.5) is 5.00 Å². The molecule has 1 aliphatic rings. The van der Waals surface area contributed by atoms with Gasteiger partial charge in [-0.05, 0) is 35.6 Å². The molecule has 1 aromatic carbocycles. The zero-order valence-corrected chi connectivity index (χ0v) is 14.5. The maximum atomic E-state index is 12.6. The molecule has 0 radical (unpaired) electrons. The summed E-state index contributed by atoms with van der Waals surface area (Å²) in [5.74, 6) is -0.205. The number of carbonyl (C=O) groups excluding carboxylic acids is 2. The molecule has 0 spiro atoms. The van der Waals surface area contributed by atoms with Gasteiger partial charge in [-0.2, -0.15) is 0 Å². The lowest BCUT2D eigenvalue weighted by molar-refractivity contribution is 0.0737. The van der Waals surface area contributed by atoms with Crippen LogP contribution in [0.3, 0.4) is 0 Å². The lowest BCUT2D eigenvalue weighted by Gasteiger charge is -2.27. The van der Waals surface area contributed by atoms with Crippen LogP contribution in [0, 0.1) is 0 Å². The van der Waals surface area contributed by atoms with Crippen LogP contribution in [0.15, 0.2) is 35.7 Å². The highest BCUT2D eigenvalue weighted by molar-refractivity contribution is 7.14. The van der Waals surface area contributed by atoms with Crippen LogP contribution in [0.5, 0.6) is 0 Å². The summed E-state index contributed by atoms with van der Waals surface area (Å²) in [6.45, 7) is 5.08. The predicted molar refractivity (Wildman–Crippen MR) is 96.9 cm³/mol. The molecule has 2 N–H and O–H groups in total. The first-order valence-electron chi connectivity index (χ1n) is 8.17. The van der Waals surface area contributed by atoms with Gasteiger partial charge >= 0.3 is 0 Å². The number of amides is 2. The van der Waals surface area contributed by atoms with E-state index in [9.17, 15) is 9.59 Å². The number of benzene rings is 1. The van der Waals surface area contributed by atoms with Gasteiger partial charge in [0.15, 0.2) is 0 Å². The minimum Gasteiger partial charge on any atom is -0.336 e. The van der Waals surface area contributed by atoms with E-state index < -0.39 is 0 Å². The van der Waals surface area contributed by atoms with E-state index in [0.717, 1.165) is 19.5 Å². The van der Waals surface area contributed by atoms with Crippen LogP contribution in [0.2, 0.25) is 0 Å². The Hall–Kier alpha value is -2.18. The molecule has 2 amide bonds. The second kappa shape index (κ2) is 7.59. The summed E-state index contributed by atoms with van der Waals surface area (Å²) in [4.78, 5) is 26.9. The third-order valence-corrected chi connectivity index (χ3v) is 4.98. The second-order valence-electron chi connectivity index (χ2n) is 5.71. The van der Waals surface area contributed by atoms with Gasteiger partial charge < -0.3 is 15.5 Å². The highest BCUT2D eigenvalue weighted by Gasteiger charge is 2.22. The molecule has 0 unspecified atom stereocenters. The molecular weight excluding hydrogens is 322 g/mol. The second-order valence-corrected chi connectivity index (χ2v) is 6.63. The SMILES string of the molecule is CCc1ccc(C(=O)Nc2sccc2C(=O)N2CCNCC2)cc1. The molecule has 1 aliphatic heterocycles. The molecule has 0 aliphatic carbocycles. The standard InChI is InChI=1S/C18H21N3O2S/c1-2-13-3-5-14(6-4-13)16(22)20-17-15(7-12-24-17)18(23)21-10-8-19-9-11-21/h3-7,12,19H,2,8-11H2,1H3,(H,20,22). The maximum Gasteiger partial charge on any atom is 0.256 e. The van der Waals surface area contributed by atoms with Crippen molar-refractivity contribution in [3.05, 3.63) is 52.4 Å². The fourth-order valence-corrected chi connectivity index (χ4v) is 3.45. The highest BCUT2D eigenvalue weighted by atomic mass is 32.1. The molecule has 1 saturated heterocycles. The van der Waals surface area contributed by atoms with Crippen LogP contribution in [0.25, 0.3) is 0 Å². The lowest BCUT2D eigenvalue weighted by Crippen LogP contribution is -2.46. The Bertz CT molecular complexity index is 718. The van der Waals surface area contributed by atoms with E-state index in [2.05, 4.69) is 17.6 Å². The first-order chi connectivity index (χ1) is 11.7. The number of nitrogens with one attached hydrogen (secondary N) is 2. The van der Waals surface area contributed by atoms with Crippen molar-refractivity contribution in [1.82, 2.24) is 10.2 Å². The minimum absolute atomic E-state index is 0.0191. The number of rotatable bonds is 4. The van der Waals surface area contributed by atoms with Crippen molar-refractivity contribution in [2.45, 2.75) is 13.3 Å². The Labute approximate surface area is 145 Å². The summed E-state index contributed by atoms with van der Waals surface area (Å²) in [6.07, 6.45) is 0.941. The molecule has 0 saturated carbocycles. The number of piperazine rings is 1. The van der Waals surface area contributed by atoms with Gasteiger partial charge in [0.05, 0.1) is 5.56 Å². The molecular formula is C18H21N3O2S. The van der Waals surface area contributed by atoms with E-state index in [0.29, 0.717) is 29.2 Å². The van der Waals surface area contributed by atoms with Gasteiger partial charge in [0.25, 0.3) is 11.8 Å². The first-order valence-corrected chi connectivity index (χ1v) is 9.04. The van der Waals surface area contributed by atoms with E-state index in [4.69, 9.17) is 0 Å². The van der Waals surface area contributed by atoms with Gasteiger partial charge in [-0.25, -0.2) is 0 Å². The third kappa shape index (κ3) is 3.66. The van der Waals surface area contributed by atoms with Gasteiger partial charge in [0.2, 0.25) is 0 Å². The van der Waals surface area contributed by atoms with Crippen molar-refractivity contribution in [1.29, 1.82) is 0 Å². The molecule has 6 heteroatoms. The minimum atomic E-state index is -0.186. The summed E-state index contributed by atoms with van der Waals surface area (Å²) in [5, 5.41) is 8.56. The molecule has 5 nitrogen and oxygen atoms in total. The van der Waals surface area contributed by atoms with Crippen molar-refractivity contribution in [3.8, 4) is 0 Å². The van der Waals surface area contributed by atoms with Crippen molar-refractivity contribution in [2.24, 2.45) is 0 Å². The molecule has 2 heterocycles. The van der Waals surface area contributed by atoms with Crippen molar-refractivity contribution >= 4 is 28.2 Å². The van der Waals surface area contributed by atoms with E-state index in [1.165, 1.54) is 16.9 Å². The Balaban J connectivity index is 1.72. The van der Waals surface area contributed by atoms with Crippen molar-refractivity contribution < 1.29 is 9.59 Å². The summed E-state index contributed by atoms with van der Waals surface area (Å²) < 4.78 is 0. The average molecular weight is 343 g/mol. The van der Waals surface area contributed by atoms with Crippen molar-refractivity contribution in [3.63, 3.8) is 0 Å². The van der Waals surface area contributed by atoms with Crippen LogP contribution < -0.4 is 10.6 Å². The van der Waals surface area contributed by atoms with E-state index in [1.807, 2.05) is 34.5 Å². The third-order valence-electron chi connectivity index (χ3n) is 4.15. The topological polar surface area (TPSA) is 61.4 Å². The number of carbonyl (C=O) groups is 2. The zero-order valence-electron chi connectivity index (χ0n) is 13.7. The molecule has 0 bridgehead atoms. The number of hydrogen-bond donors (Lipinski definition) is 2. The van der Waals surface area contributed by atoms with Crippen LogP contribution >= 0.6 is 11.3 Å². The fourth-order valence-electron chi connectivity index (χ4n) is 2.68. The molecule has 24 heavy (non-hydrogen) atoms. The molecule has 2 aromatic rings. The van der Waals surface area contributed by atoms with Gasteiger partial charge in [0, 0.05) is 31.7 Å². The van der Waals surface area contributed by atoms with Crippen LogP contribution in [-0.4, -0.2) is 42.9 Å². The highest BCUT2D eigenvalue weighted by Crippen LogP contribution is 2.25. The van der Waals surface area contributed by atoms with Gasteiger partial charge in [-0.1, -0.05) is 19.1 Å². The Morgan fingerprint density at radius 1 is 1.17 bits per heavy atom. The monoisotopic (exact) mass is 343 g/mol. The number of hydrogen-bond acceptors (Lipinski definition) is 4. The average Bonchev–Trinajstić information content (AvgIpc) is 3.10. The lowest BCUT2D eigenvalue weighted by atomic mass is 10.1. The summed E-state index contributed by atoms with van der Waals surface area (Å²) in [7, 11) is 0. The summed E-state index contributed by atoms with van der Waals surface area (Å²) >= 11 is 1.38. The molecule has 0 atom stereocenters. The van der Waals surface area contributed by atoms with E-state index in [1.54, 1.807) is 6.07 Å². The zero-order chi connectivity index (χ0) is 16.9. The van der Waals surface area contributed by atoms with Crippen molar-refractivity contribution in [2.75, 3.05) is 31.5 Å². The molecule has 1 fully saturated rings. The normalized spacial score (nSPS) is 14.5. The smallest absolute Gasteiger partial charge is 0.256 e. The quantitative estimate of drug-likeness (QED) is 0.897. The number of nitrogens with zero attached hydrogens (tertiary/aromatic N) is 1. The molecule has 3 rings (SSSR count). The number of thiophene rings is 1. The predicted octanol–water partition coefficient (Wildman–Crippen LogP) is 2.61. The number of aryl methyl sites for hydroxylation is 1. The summed E-state index contributed by atoms with van der Waals surface area (Å²) in [5.41, 5.74) is 2.36. The van der Waals surface area contributed by atoms with Crippen LogP contribution in [0.1, 0.15) is 33.2 Å². The Morgan fingerprint density at radius 3 is 2.54 bits per heavy atom. The first kappa shape index (κ1) is 16.7. The largest absolute Gasteiger partial charge is 0.336 e. The molecule has 1 aromatic heterocycles. The van der Waals surface area contributed by atoms with Gasteiger partial charge in [0.1, 0.15) is 5.00 Å². The van der Waals surface area contributed by atoms with E-state index in [-0.39, 0.29) is 11.8 Å². The Morgan fingerprint density at radius 2 is 1.88 bits per heavy atom. The number of anilines is 1. The van der Waals surface area contributed by atoms with Crippen LogP contribution in [-0.2, 0) is 6.42 Å².